The number of halogens is 7. The molecule has 8 rings (SSSR count). The van der Waals surface area contributed by atoms with Crippen LogP contribution in [0.4, 0.5) is 33.6 Å². The first-order valence-electron chi connectivity index (χ1n) is 17.0. The molecule has 9 nitrogen and oxygen atoms in total. The molecule has 2 aromatic heterocycles. The first kappa shape index (κ1) is 36.0. The fraction of sp³-hybridized carbons (Fsp3) is 0.263. The van der Waals surface area contributed by atoms with Crippen LogP contribution < -0.4 is 22.0 Å². The summed E-state index contributed by atoms with van der Waals surface area (Å²) in [5, 5.41) is 16.4. The Morgan fingerprint density at radius 2 is 1.61 bits per heavy atom. The molecule has 2 unspecified atom stereocenters. The van der Waals surface area contributed by atoms with E-state index in [0.29, 0.717) is 50.8 Å². The molecule has 2 heterocycles. The molecule has 0 bridgehead atoms. The molecule has 278 valence electrons. The van der Waals surface area contributed by atoms with Crippen molar-refractivity contribution in [2.24, 2.45) is 0 Å². The maximum absolute atomic E-state index is 15.5. The topological polar surface area (TPSA) is 114 Å². The van der Waals surface area contributed by atoms with E-state index in [1.165, 1.54) is 10.6 Å². The number of hydrogen-bond acceptors (Lipinski definition) is 7. The van der Waals surface area contributed by atoms with Gasteiger partial charge in [0, 0.05) is 23.4 Å². The fourth-order valence-electron chi connectivity index (χ4n) is 6.91. The van der Waals surface area contributed by atoms with Crippen molar-refractivity contribution in [1.29, 1.82) is 0 Å². The Hall–Kier alpha value is -5.05. The molecule has 0 spiro atoms. The van der Waals surface area contributed by atoms with E-state index in [0.717, 1.165) is 10.1 Å². The van der Waals surface area contributed by atoms with Crippen molar-refractivity contribution >= 4 is 56.6 Å². The number of rotatable bonds is 9. The Bertz CT molecular complexity index is 2610. The van der Waals surface area contributed by atoms with Gasteiger partial charge in [0.1, 0.15) is 23.6 Å². The largest absolute Gasteiger partial charge is 0.416 e. The van der Waals surface area contributed by atoms with Crippen LogP contribution >= 0.6 is 23.2 Å². The Balaban J connectivity index is 1.22. The van der Waals surface area contributed by atoms with E-state index in [1.54, 1.807) is 61.5 Å². The molecule has 2 aliphatic carbocycles. The third-order valence-electron chi connectivity index (χ3n) is 9.72. The number of para-hydroxylation sites is 1. The molecule has 4 aromatic carbocycles. The monoisotopic (exact) mass is 782 g/mol. The van der Waals surface area contributed by atoms with Gasteiger partial charge in [0.15, 0.2) is 0 Å². The number of alkyl halides is 4. The van der Waals surface area contributed by atoms with E-state index >= 15 is 4.39 Å². The predicted molar refractivity (Wildman–Crippen MR) is 197 cm³/mol. The van der Waals surface area contributed by atoms with Crippen molar-refractivity contribution in [2.45, 2.75) is 56.1 Å². The summed E-state index contributed by atoms with van der Waals surface area (Å²) in [4.78, 5) is 35.2. The van der Waals surface area contributed by atoms with Crippen LogP contribution in [0, 0.1) is 5.82 Å². The highest BCUT2D eigenvalue weighted by molar-refractivity contribution is 6.33. The average molecular weight is 784 g/mol. The van der Waals surface area contributed by atoms with Gasteiger partial charge >= 0.3 is 17.6 Å². The number of aliphatic hydroxyl groups is 1. The van der Waals surface area contributed by atoms with E-state index in [4.69, 9.17) is 23.2 Å². The molecule has 0 amide bonds. The molecule has 0 aliphatic heterocycles. The third-order valence-corrected chi connectivity index (χ3v) is 10.4. The molecule has 2 fully saturated rings. The Morgan fingerprint density at radius 1 is 0.889 bits per heavy atom. The minimum Gasteiger partial charge on any atom is -0.392 e. The summed E-state index contributed by atoms with van der Waals surface area (Å²) in [7, 11) is 0. The van der Waals surface area contributed by atoms with E-state index in [9.17, 15) is 32.3 Å². The number of aromatic nitrogens is 4. The Morgan fingerprint density at radius 3 is 2.31 bits per heavy atom. The summed E-state index contributed by atoms with van der Waals surface area (Å²) in [5.74, 6) is -1.70. The van der Waals surface area contributed by atoms with Crippen LogP contribution in [0.1, 0.15) is 48.3 Å². The maximum atomic E-state index is 15.5. The third kappa shape index (κ3) is 6.56. The number of benzene rings is 4. The van der Waals surface area contributed by atoms with Gasteiger partial charge in [0.05, 0.1) is 50.5 Å². The van der Waals surface area contributed by atoms with Gasteiger partial charge in [-0.1, -0.05) is 47.5 Å². The van der Waals surface area contributed by atoms with Gasteiger partial charge in [-0.25, -0.2) is 18.4 Å². The molecule has 0 radical (unpaired) electrons. The SMILES string of the molecule is C[C@@H](O)CNc1nc(=O)n(-c2ccccc2Cl)c2cc(C3CC3c3cccc(-n4c(=O)nc(N[C@H]5C[C@@H]5F)c5c(F)cc(C(F)(F)F)cc54)c3)c(Cl)cc12. The minimum atomic E-state index is -4.92. The summed E-state index contributed by atoms with van der Waals surface area (Å²) >= 11 is 13.4. The molecular formula is C38H29Cl2F5N6O3. The van der Waals surface area contributed by atoms with Gasteiger partial charge in [-0.3, -0.25) is 9.13 Å². The number of nitrogens with one attached hydrogen (secondary N) is 2. The quantitative estimate of drug-likeness (QED) is 0.127. The Labute approximate surface area is 313 Å². The zero-order valence-corrected chi connectivity index (χ0v) is 29.6. The van der Waals surface area contributed by atoms with Crippen LogP contribution in [0.3, 0.4) is 0 Å². The predicted octanol–water partition coefficient (Wildman–Crippen LogP) is 8.14. The second-order valence-electron chi connectivity index (χ2n) is 13.6. The van der Waals surface area contributed by atoms with Gasteiger partial charge in [0.2, 0.25) is 0 Å². The summed E-state index contributed by atoms with van der Waals surface area (Å²) < 4.78 is 73.2. The standard InChI is InChI=1S/C38H29Cl2F5N6O3/c1-17(52)16-46-34-24-13-26(40)23(14-31(24)51(37(54)48-34)30-8-3-2-7-25(30)39)22-12-21(22)18-5-4-6-20(9-18)50-32-11-19(38(43,44)45)10-28(42)33(32)35(49-36(50)53)47-29-15-27(29)41/h2-11,13-14,17,21-22,27,29,52H,12,15-16H2,1H3,(H,46,48,54)(H,47,49,53)/t17-,21?,22?,27+,29+/m1/s1. The average Bonchev–Trinajstić information content (AvgIpc) is 4.04. The lowest BCUT2D eigenvalue weighted by molar-refractivity contribution is -0.137. The highest BCUT2D eigenvalue weighted by atomic mass is 35.5. The molecule has 54 heavy (non-hydrogen) atoms. The summed E-state index contributed by atoms with van der Waals surface area (Å²) in [5.41, 5.74) is -0.839. The lowest BCUT2D eigenvalue weighted by atomic mass is 10.0. The zero-order valence-electron chi connectivity index (χ0n) is 28.1. The van der Waals surface area contributed by atoms with E-state index in [-0.39, 0.29) is 53.0 Å². The number of aliphatic hydroxyl groups excluding tert-OH is 1. The molecular weight excluding hydrogens is 754 g/mol. The first-order chi connectivity index (χ1) is 25.7. The van der Waals surface area contributed by atoms with Crippen molar-refractivity contribution in [2.75, 3.05) is 17.2 Å². The molecule has 6 aromatic rings. The van der Waals surface area contributed by atoms with Gasteiger partial charge in [0.25, 0.3) is 0 Å². The van der Waals surface area contributed by atoms with Crippen molar-refractivity contribution in [1.82, 2.24) is 19.1 Å². The maximum Gasteiger partial charge on any atom is 0.416 e. The van der Waals surface area contributed by atoms with Gasteiger partial charge in [-0.2, -0.15) is 23.1 Å². The van der Waals surface area contributed by atoms with Crippen LogP contribution in [0.2, 0.25) is 10.0 Å². The summed E-state index contributed by atoms with van der Waals surface area (Å²) in [6, 6.07) is 17.1. The molecule has 5 atom stereocenters. The lowest BCUT2D eigenvalue weighted by Crippen LogP contribution is -2.25. The van der Waals surface area contributed by atoms with Gasteiger partial charge in [-0.05, 0) is 84.8 Å². The van der Waals surface area contributed by atoms with Crippen LogP contribution in [0.15, 0.2) is 82.4 Å². The highest BCUT2D eigenvalue weighted by Crippen LogP contribution is 2.57. The minimum absolute atomic E-state index is 0.0936. The fourth-order valence-corrected chi connectivity index (χ4v) is 7.43. The lowest BCUT2D eigenvalue weighted by Gasteiger charge is -2.18. The van der Waals surface area contributed by atoms with Crippen molar-refractivity contribution in [3.63, 3.8) is 0 Å². The number of fused-ring (bicyclic) bond motifs is 2. The van der Waals surface area contributed by atoms with Gasteiger partial charge < -0.3 is 15.7 Å². The van der Waals surface area contributed by atoms with Crippen LogP contribution in [-0.4, -0.2) is 49.1 Å². The number of anilines is 2. The van der Waals surface area contributed by atoms with Crippen molar-refractivity contribution < 1.29 is 27.1 Å². The Kier molecular flexibility index (Phi) is 8.89. The number of hydrogen-bond donors (Lipinski definition) is 3. The van der Waals surface area contributed by atoms with Crippen LogP contribution in [0.5, 0.6) is 0 Å². The zero-order chi connectivity index (χ0) is 38.2. The van der Waals surface area contributed by atoms with E-state index in [2.05, 4.69) is 20.6 Å². The van der Waals surface area contributed by atoms with Gasteiger partial charge in [-0.15, -0.1) is 0 Å². The normalized spacial score (nSPS) is 19.9. The second kappa shape index (κ2) is 13.4. The smallest absolute Gasteiger partial charge is 0.392 e. The number of nitrogens with zero attached hydrogens (tertiary/aromatic N) is 4. The molecule has 2 aliphatic rings. The molecule has 2 saturated carbocycles. The van der Waals surface area contributed by atoms with Crippen LogP contribution in [-0.2, 0) is 6.18 Å². The highest BCUT2D eigenvalue weighted by Gasteiger charge is 2.42. The molecule has 0 saturated heterocycles. The molecule has 3 N–H and O–H groups in total. The van der Waals surface area contributed by atoms with Crippen LogP contribution in [0.25, 0.3) is 33.2 Å². The van der Waals surface area contributed by atoms with E-state index in [1.807, 2.05) is 0 Å². The van der Waals surface area contributed by atoms with Crippen molar-refractivity contribution in [3.8, 4) is 11.4 Å². The van der Waals surface area contributed by atoms with Crippen molar-refractivity contribution in [3.05, 3.63) is 126 Å². The molecule has 16 heteroatoms. The summed E-state index contributed by atoms with van der Waals surface area (Å²) in [6.07, 6.45) is -6.22. The second-order valence-corrected chi connectivity index (χ2v) is 14.4. The first-order valence-corrected chi connectivity index (χ1v) is 17.7. The van der Waals surface area contributed by atoms with E-state index < -0.39 is 47.3 Å². The summed E-state index contributed by atoms with van der Waals surface area (Å²) in [6.45, 7) is 1.71.